The molecule has 1 saturated heterocycles. The molecule has 1 aliphatic heterocycles. The van der Waals surface area contributed by atoms with Gasteiger partial charge in [-0.1, -0.05) is 23.2 Å². The maximum atomic E-state index is 13.5. The van der Waals surface area contributed by atoms with E-state index in [9.17, 15) is 4.79 Å². The van der Waals surface area contributed by atoms with E-state index in [4.69, 9.17) is 33.4 Å². The number of carbonyl (C=O) groups excluding carboxylic acids is 1. The number of pyridine rings is 1. The second-order valence-corrected chi connectivity index (χ2v) is 11.6. The standard InChI is InChI=1S/C29H31Cl2N9O/c1-29(2,3)39-12-10-38(11-13-39)28(41)23-15-25-27(34-9-8-33-26-7-4-19(16-32)17-35-26)36-24(18-40(25)37-23)21-6-5-20(30)14-22(21)31/h4-7,14-15,17-18H,8-13H2,1-3H3,(H,33,35)(H,34,36). The predicted molar refractivity (Wildman–Crippen MR) is 162 cm³/mol. The van der Waals surface area contributed by atoms with Crippen LogP contribution in [0.15, 0.2) is 48.8 Å². The van der Waals surface area contributed by atoms with Crippen LogP contribution < -0.4 is 10.6 Å². The van der Waals surface area contributed by atoms with Crippen molar-refractivity contribution in [2.24, 2.45) is 0 Å². The van der Waals surface area contributed by atoms with Gasteiger partial charge in [-0.25, -0.2) is 14.5 Å². The monoisotopic (exact) mass is 591 g/mol. The summed E-state index contributed by atoms with van der Waals surface area (Å²) in [5.41, 5.74) is 2.88. The normalized spacial score (nSPS) is 14.2. The van der Waals surface area contributed by atoms with Crippen LogP contribution in [0.3, 0.4) is 0 Å². The highest BCUT2D eigenvalue weighted by atomic mass is 35.5. The molecule has 4 heterocycles. The Labute approximate surface area is 248 Å². The Morgan fingerprint density at radius 3 is 2.46 bits per heavy atom. The van der Waals surface area contributed by atoms with Gasteiger partial charge in [0, 0.05) is 67.7 Å². The smallest absolute Gasteiger partial charge is 0.274 e. The van der Waals surface area contributed by atoms with Gasteiger partial charge in [0.15, 0.2) is 11.5 Å². The number of piperazine rings is 1. The van der Waals surface area contributed by atoms with E-state index in [1.807, 2.05) is 11.0 Å². The summed E-state index contributed by atoms with van der Waals surface area (Å²) in [6.45, 7) is 10.5. The van der Waals surface area contributed by atoms with Crippen LogP contribution in [0.25, 0.3) is 16.8 Å². The van der Waals surface area contributed by atoms with Crippen molar-refractivity contribution in [1.82, 2.24) is 29.4 Å². The first-order chi connectivity index (χ1) is 19.6. The van der Waals surface area contributed by atoms with E-state index in [1.165, 1.54) is 6.20 Å². The third-order valence-electron chi connectivity index (χ3n) is 7.01. The average molecular weight is 593 g/mol. The topological polar surface area (TPSA) is 114 Å². The molecule has 0 radical (unpaired) electrons. The molecule has 12 heteroatoms. The summed E-state index contributed by atoms with van der Waals surface area (Å²) < 4.78 is 1.67. The number of halogens is 2. The quantitative estimate of drug-likeness (QED) is 0.287. The van der Waals surface area contributed by atoms with Gasteiger partial charge in [-0.15, -0.1) is 0 Å². The fraction of sp³-hybridized carbons (Fsp3) is 0.345. The molecule has 1 fully saturated rings. The molecule has 3 aromatic heterocycles. The molecule has 0 aliphatic carbocycles. The largest absolute Gasteiger partial charge is 0.368 e. The van der Waals surface area contributed by atoms with E-state index in [0.29, 0.717) is 75.9 Å². The van der Waals surface area contributed by atoms with Crippen LogP contribution in [-0.2, 0) is 0 Å². The number of hydrogen-bond acceptors (Lipinski definition) is 8. The van der Waals surface area contributed by atoms with Crippen molar-refractivity contribution in [3.05, 3.63) is 70.1 Å². The number of aromatic nitrogens is 4. The van der Waals surface area contributed by atoms with Gasteiger partial charge in [-0.3, -0.25) is 9.69 Å². The van der Waals surface area contributed by atoms with Crippen molar-refractivity contribution in [3.8, 4) is 17.3 Å². The number of fused-ring (bicyclic) bond motifs is 1. The first-order valence-electron chi connectivity index (χ1n) is 13.4. The van der Waals surface area contributed by atoms with Gasteiger partial charge < -0.3 is 15.5 Å². The Hall–Kier alpha value is -3.91. The average Bonchev–Trinajstić information content (AvgIpc) is 3.39. The number of nitriles is 1. The first kappa shape index (κ1) is 28.6. The van der Waals surface area contributed by atoms with Crippen molar-refractivity contribution in [2.45, 2.75) is 26.3 Å². The number of nitrogens with zero attached hydrogens (tertiary/aromatic N) is 7. The summed E-state index contributed by atoms with van der Waals surface area (Å²) in [7, 11) is 0. The molecule has 2 N–H and O–H groups in total. The molecule has 4 aromatic rings. The summed E-state index contributed by atoms with van der Waals surface area (Å²) >= 11 is 12.6. The number of amides is 1. The Bertz CT molecular complexity index is 1600. The van der Waals surface area contributed by atoms with Crippen LogP contribution in [0, 0.1) is 11.3 Å². The molecule has 10 nitrogen and oxygen atoms in total. The summed E-state index contributed by atoms with van der Waals surface area (Å²) in [6, 6.07) is 12.5. The van der Waals surface area contributed by atoms with E-state index in [0.717, 1.165) is 13.1 Å². The predicted octanol–water partition coefficient (Wildman–Crippen LogP) is 5.05. The summed E-state index contributed by atoms with van der Waals surface area (Å²) in [6.07, 6.45) is 3.29. The van der Waals surface area contributed by atoms with Crippen LogP contribution in [0.4, 0.5) is 11.6 Å². The third kappa shape index (κ3) is 6.54. The van der Waals surface area contributed by atoms with Crippen LogP contribution in [0.2, 0.25) is 10.0 Å². The SMILES string of the molecule is CC(C)(C)N1CCN(C(=O)c2cc3c(NCCNc4ccc(C#N)cn4)nc(-c4ccc(Cl)cc4Cl)cn3n2)CC1. The summed E-state index contributed by atoms with van der Waals surface area (Å²) in [4.78, 5) is 26.8. The molecule has 0 unspecified atom stereocenters. The molecular formula is C29H31Cl2N9O. The lowest BCUT2D eigenvalue weighted by Crippen LogP contribution is -2.54. The molecule has 0 atom stereocenters. The number of rotatable bonds is 7. The first-order valence-corrected chi connectivity index (χ1v) is 14.1. The van der Waals surface area contributed by atoms with Gasteiger partial charge in [-0.05, 0) is 51.1 Å². The maximum absolute atomic E-state index is 13.5. The zero-order valence-electron chi connectivity index (χ0n) is 23.2. The second kappa shape index (κ2) is 11.9. The van der Waals surface area contributed by atoms with E-state index in [1.54, 1.807) is 41.0 Å². The molecular weight excluding hydrogens is 561 g/mol. The van der Waals surface area contributed by atoms with E-state index >= 15 is 0 Å². The fourth-order valence-electron chi connectivity index (χ4n) is 4.73. The van der Waals surface area contributed by atoms with Crippen molar-refractivity contribution >= 4 is 46.3 Å². The molecule has 0 spiro atoms. The van der Waals surface area contributed by atoms with Gasteiger partial charge >= 0.3 is 0 Å². The van der Waals surface area contributed by atoms with Gasteiger partial charge in [0.25, 0.3) is 5.91 Å². The maximum Gasteiger partial charge on any atom is 0.274 e. The number of benzene rings is 1. The minimum absolute atomic E-state index is 0.0643. The minimum Gasteiger partial charge on any atom is -0.368 e. The molecule has 5 rings (SSSR count). The molecule has 1 aromatic carbocycles. The van der Waals surface area contributed by atoms with Gasteiger partial charge in [0.1, 0.15) is 17.4 Å². The van der Waals surface area contributed by atoms with Crippen molar-refractivity contribution < 1.29 is 4.79 Å². The second-order valence-electron chi connectivity index (χ2n) is 10.8. The summed E-state index contributed by atoms with van der Waals surface area (Å²) in [5.74, 6) is 1.12. The number of hydrogen-bond donors (Lipinski definition) is 2. The highest BCUT2D eigenvalue weighted by Crippen LogP contribution is 2.31. The number of nitrogens with one attached hydrogen (secondary N) is 2. The molecule has 0 saturated carbocycles. The lowest BCUT2D eigenvalue weighted by Gasteiger charge is -2.42. The Morgan fingerprint density at radius 2 is 1.80 bits per heavy atom. The molecule has 1 aliphatic rings. The molecule has 0 bridgehead atoms. The molecule has 41 heavy (non-hydrogen) atoms. The van der Waals surface area contributed by atoms with E-state index in [-0.39, 0.29) is 11.4 Å². The number of carbonyl (C=O) groups is 1. The van der Waals surface area contributed by atoms with Gasteiger partial charge in [-0.2, -0.15) is 10.4 Å². The van der Waals surface area contributed by atoms with E-state index < -0.39 is 0 Å². The zero-order chi connectivity index (χ0) is 29.1. The Morgan fingerprint density at radius 1 is 1.05 bits per heavy atom. The summed E-state index contributed by atoms with van der Waals surface area (Å²) in [5, 5.41) is 21.2. The van der Waals surface area contributed by atoms with Crippen molar-refractivity contribution in [1.29, 1.82) is 5.26 Å². The van der Waals surface area contributed by atoms with Crippen LogP contribution in [0.1, 0.15) is 36.8 Å². The fourth-order valence-corrected chi connectivity index (χ4v) is 5.24. The lowest BCUT2D eigenvalue weighted by molar-refractivity contribution is 0.0446. The highest BCUT2D eigenvalue weighted by Gasteiger charge is 2.29. The molecule has 212 valence electrons. The van der Waals surface area contributed by atoms with Crippen LogP contribution >= 0.6 is 23.2 Å². The van der Waals surface area contributed by atoms with Crippen molar-refractivity contribution in [3.63, 3.8) is 0 Å². The van der Waals surface area contributed by atoms with Crippen LogP contribution in [0.5, 0.6) is 0 Å². The number of anilines is 2. The Balaban J connectivity index is 1.39. The van der Waals surface area contributed by atoms with Crippen molar-refractivity contribution in [2.75, 3.05) is 49.9 Å². The molecule has 1 amide bonds. The van der Waals surface area contributed by atoms with Crippen LogP contribution in [-0.4, -0.2) is 80.1 Å². The zero-order valence-corrected chi connectivity index (χ0v) is 24.7. The minimum atomic E-state index is -0.104. The Kier molecular flexibility index (Phi) is 8.31. The lowest BCUT2D eigenvalue weighted by atomic mass is 10.0. The van der Waals surface area contributed by atoms with Gasteiger partial charge in [0.2, 0.25) is 0 Å². The van der Waals surface area contributed by atoms with E-state index in [2.05, 4.69) is 52.5 Å². The van der Waals surface area contributed by atoms with Gasteiger partial charge in [0.05, 0.1) is 22.5 Å². The highest BCUT2D eigenvalue weighted by molar-refractivity contribution is 6.36. The third-order valence-corrected chi connectivity index (χ3v) is 7.56.